The summed E-state index contributed by atoms with van der Waals surface area (Å²) < 4.78 is 0. The normalized spacial score (nSPS) is 10.8. The summed E-state index contributed by atoms with van der Waals surface area (Å²) >= 11 is 0. The Morgan fingerprint density at radius 2 is 1.33 bits per heavy atom. The zero-order valence-corrected chi connectivity index (χ0v) is 13.3. The van der Waals surface area contributed by atoms with Crippen LogP contribution < -0.4 is 0 Å². The Hall–Kier alpha value is -3.07. The van der Waals surface area contributed by atoms with Crippen LogP contribution in [0.15, 0.2) is 72.8 Å². The van der Waals surface area contributed by atoms with Crippen molar-refractivity contribution in [3.63, 3.8) is 0 Å². The number of carboxylic acid groups (broad SMARTS) is 1. The van der Waals surface area contributed by atoms with Gasteiger partial charge in [-0.3, -0.25) is 0 Å². The minimum atomic E-state index is -1.13. The van der Waals surface area contributed by atoms with Gasteiger partial charge >= 0.3 is 5.97 Å². The van der Waals surface area contributed by atoms with Gasteiger partial charge in [0.15, 0.2) is 0 Å². The van der Waals surface area contributed by atoms with E-state index in [0.29, 0.717) is 5.56 Å². The molecule has 3 nitrogen and oxygen atoms in total. The number of phenols is 1. The second-order valence-corrected chi connectivity index (χ2v) is 5.79. The smallest absolute Gasteiger partial charge is 0.339 e. The van der Waals surface area contributed by atoms with E-state index in [-0.39, 0.29) is 17.2 Å². The molecule has 0 bridgehead atoms. The van der Waals surface area contributed by atoms with Crippen molar-refractivity contribution in [2.75, 3.05) is 0 Å². The maximum absolute atomic E-state index is 11.5. The first-order valence-corrected chi connectivity index (χ1v) is 7.74. The van der Waals surface area contributed by atoms with Crippen LogP contribution >= 0.6 is 0 Å². The molecule has 0 fully saturated rings. The lowest BCUT2D eigenvalue weighted by molar-refractivity contribution is 0.0693. The molecular formula is C21H18O3. The second kappa shape index (κ2) is 6.59. The maximum Gasteiger partial charge on any atom is 0.339 e. The summed E-state index contributed by atoms with van der Waals surface area (Å²) in [5.74, 6) is -1.40. The maximum atomic E-state index is 11.5. The van der Waals surface area contributed by atoms with Crippen molar-refractivity contribution in [1.82, 2.24) is 0 Å². The third-order valence-corrected chi connectivity index (χ3v) is 4.15. The van der Waals surface area contributed by atoms with Gasteiger partial charge in [0, 0.05) is 5.92 Å². The molecule has 0 atom stereocenters. The van der Waals surface area contributed by atoms with E-state index in [1.807, 2.05) is 66.7 Å². The molecule has 3 heteroatoms. The molecule has 2 N–H and O–H groups in total. The molecule has 3 aromatic rings. The summed E-state index contributed by atoms with van der Waals surface area (Å²) in [6.07, 6.45) is 0. The molecule has 120 valence electrons. The third kappa shape index (κ3) is 3.01. The van der Waals surface area contributed by atoms with Gasteiger partial charge in [-0.1, -0.05) is 66.7 Å². The largest absolute Gasteiger partial charge is 0.507 e. The molecule has 0 spiro atoms. The Morgan fingerprint density at radius 3 is 1.79 bits per heavy atom. The monoisotopic (exact) mass is 318 g/mol. The number of rotatable bonds is 4. The minimum Gasteiger partial charge on any atom is -0.507 e. The molecule has 0 aliphatic heterocycles. The van der Waals surface area contributed by atoms with Crippen molar-refractivity contribution >= 4 is 5.97 Å². The van der Waals surface area contributed by atoms with Crippen molar-refractivity contribution in [2.24, 2.45) is 0 Å². The van der Waals surface area contributed by atoms with E-state index in [0.717, 1.165) is 16.7 Å². The van der Waals surface area contributed by atoms with Gasteiger partial charge in [0.25, 0.3) is 0 Å². The SMILES string of the molecule is Cc1cc(C(c2ccccc2)c2ccccc2)cc(C(=O)O)c1O. The Bertz CT molecular complexity index is 816. The van der Waals surface area contributed by atoms with E-state index < -0.39 is 5.97 Å². The first-order chi connectivity index (χ1) is 11.6. The summed E-state index contributed by atoms with van der Waals surface area (Å²) in [6, 6.07) is 23.3. The highest BCUT2D eigenvalue weighted by molar-refractivity contribution is 5.91. The van der Waals surface area contributed by atoms with Crippen LogP contribution in [0.25, 0.3) is 0 Å². The average molecular weight is 318 g/mol. The van der Waals surface area contributed by atoms with Gasteiger partial charge in [-0.15, -0.1) is 0 Å². The van der Waals surface area contributed by atoms with Crippen LogP contribution in [-0.4, -0.2) is 16.2 Å². The second-order valence-electron chi connectivity index (χ2n) is 5.79. The fourth-order valence-electron chi connectivity index (χ4n) is 3.01. The first-order valence-electron chi connectivity index (χ1n) is 7.74. The molecule has 0 aliphatic rings. The Labute approximate surface area is 140 Å². The summed E-state index contributed by atoms with van der Waals surface area (Å²) in [7, 11) is 0. The predicted molar refractivity (Wildman–Crippen MR) is 93.6 cm³/mol. The molecule has 3 aromatic carbocycles. The van der Waals surface area contributed by atoms with Crippen molar-refractivity contribution in [2.45, 2.75) is 12.8 Å². The predicted octanol–water partition coefficient (Wildman–Crippen LogP) is 4.58. The highest BCUT2D eigenvalue weighted by Crippen LogP contribution is 2.35. The van der Waals surface area contributed by atoms with E-state index in [1.165, 1.54) is 0 Å². The lowest BCUT2D eigenvalue weighted by Gasteiger charge is -2.20. The van der Waals surface area contributed by atoms with Gasteiger partial charge in [-0.05, 0) is 35.2 Å². The number of carbonyl (C=O) groups is 1. The van der Waals surface area contributed by atoms with E-state index >= 15 is 0 Å². The van der Waals surface area contributed by atoms with Crippen molar-refractivity contribution in [3.05, 3.63) is 101 Å². The molecule has 0 saturated carbocycles. The minimum absolute atomic E-state index is 0.0677. The zero-order chi connectivity index (χ0) is 17.1. The Kier molecular flexibility index (Phi) is 4.34. The van der Waals surface area contributed by atoms with Gasteiger partial charge in [-0.25, -0.2) is 4.79 Å². The Balaban J connectivity index is 2.22. The molecule has 0 aromatic heterocycles. The van der Waals surface area contributed by atoms with Crippen LogP contribution in [0.4, 0.5) is 0 Å². The van der Waals surface area contributed by atoms with Gasteiger partial charge in [0.2, 0.25) is 0 Å². The molecule has 24 heavy (non-hydrogen) atoms. The summed E-state index contributed by atoms with van der Waals surface area (Å²) in [4.78, 5) is 11.5. The number of aromatic hydroxyl groups is 1. The van der Waals surface area contributed by atoms with Gasteiger partial charge in [0.05, 0.1) is 0 Å². The zero-order valence-electron chi connectivity index (χ0n) is 13.3. The van der Waals surface area contributed by atoms with Gasteiger partial charge < -0.3 is 10.2 Å². The van der Waals surface area contributed by atoms with Crippen LogP contribution in [0.5, 0.6) is 5.75 Å². The van der Waals surface area contributed by atoms with Crippen LogP contribution in [0.2, 0.25) is 0 Å². The lowest BCUT2D eigenvalue weighted by Crippen LogP contribution is -2.07. The standard InChI is InChI=1S/C21H18O3/c1-14-12-17(13-18(20(14)22)21(23)24)19(15-8-4-2-5-9-15)16-10-6-3-7-11-16/h2-13,19,22H,1H3,(H,23,24). The highest BCUT2D eigenvalue weighted by Gasteiger charge is 2.21. The molecule has 0 saturated heterocycles. The molecule has 0 aliphatic carbocycles. The molecule has 0 unspecified atom stereocenters. The molecule has 3 rings (SSSR count). The van der Waals surface area contributed by atoms with Crippen LogP contribution in [0.1, 0.15) is 38.5 Å². The fraction of sp³-hybridized carbons (Fsp3) is 0.0952. The lowest BCUT2D eigenvalue weighted by atomic mass is 9.83. The van der Waals surface area contributed by atoms with E-state index in [2.05, 4.69) is 0 Å². The Morgan fingerprint density at radius 1 is 0.833 bits per heavy atom. The van der Waals surface area contributed by atoms with E-state index in [4.69, 9.17) is 0 Å². The number of benzene rings is 3. The van der Waals surface area contributed by atoms with Crippen molar-refractivity contribution in [3.8, 4) is 5.75 Å². The van der Waals surface area contributed by atoms with Crippen LogP contribution in [0, 0.1) is 6.92 Å². The van der Waals surface area contributed by atoms with Gasteiger partial charge in [0.1, 0.15) is 11.3 Å². The van der Waals surface area contributed by atoms with E-state index in [1.54, 1.807) is 13.0 Å². The van der Waals surface area contributed by atoms with Crippen molar-refractivity contribution < 1.29 is 15.0 Å². The number of carboxylic acids is 1. The van der Waals surface area contributed by atoms with E-state index in [9.17, 15) is 15.0 Å². The molecule has 0 amide bonds. The van der Waals surface area contributed by atoms with Crippen LogP contribution in [0.3, 0.4) is 0 Å². The third-order valence-electron chi connectivity index (χ3n) is 4.15. The summed E-state index contributed by atoms with van der Waals surface area (Å²) in [5.41, 5.74) is 3.49. The first kappa shape index (κ1) is 15.8. The van der Waals surface area contributed by atoms with Crippen LogP contribution in [-0.2, 0) is 0 Å². The molecular weight excluding hydrogens is 300 g/mol. The number of hydrogen-bond acceptors (Lipinski definition) is 2. The quantitative estimate of drug-likeness (QED) is 0.692. The topological polar surface area (TPSA) is 57.5 Å². The van der Waals surface area contributed by atoms with Crippen molar-refractivity contribution in [1.29, 1.82) is 0 Å². The van der Waals surface area contributed by atoms with Gasteiger partial charge in [-0.2, -0.15) is 0 Å². The average Bonchev–Trinajstić information content (AvgIpc) is 2.60. The molecule has 0 heterocycles. The summed E-state index contributed by atoms with van der Waals surface area (Å²) in [5, 5.41) is 19.4. The molecule has 0 radical (unpaired) electrons. The summed E-state index contributed by atoms with van der Waals surface area (Å²) in [6.45, 7) is 1.72. The fourth-order valence-corrected chi connectivity index (χ4v) is 3.01. The number of aryl methyl sites for hydroxylation is 1. The number of hydrogen-bond donors (Lipinski definition) is 2. The number of aromatic carboxylic acids is 1. The highest BCUT2D eigenvalue weighted by atomic mass is 16.4.